The molecule has 0 saturated heterocycles. The van der Waals surface area contributed by atoms with Crippen LogP contribution in [0, 0.1) is 6.92 Å². The highest BCUT2D eigenvalue weighted by molar-refractivity contribution is 6.35. The molecule has 0 amide bonds. The average molecular weight is 228 g/mol. The number of hydrogen-bond donors (Lipinski definition) is 1. The van der Waals surface area contributed by atoms with E-state index in [9.17, 15) is 4.79 Å². The number of halogens is 1. The van der Waals surface area contributed by atoms with Gasteiger partial charge >= 0.3 is 0 Å². The number of ketones is 1. The molecule has 0 aliphatic heterocycles. The standard InChI is InChI=1S/C11H14ClNO2/c1-7-3-4-9(15-2)10(11(7)12)8(14)5-6-13/h3-4H,5-6,13H2,1-2H3. The van der Waals surface area contributed by atoms with E-state index in [1.807, 2.05) is 13.0 Å². The molecule has 1 aromatic rings. The highest BCUT2D eigenvalue weighted by Crippen LogP contribution is 2.30. The van der Waals surface area contributed by atoms with Crippen LogP contribution in [0.5, 0.6) is 5.75 Å². The lowest BCUT2D eigenvalue weighted by Crippen LogP contribution is -2.10. The van der Waals surface area contributed by atoms with Gasteiger partial charge in [0.1, 0.15) is 5.75 Å². The Morgan fingerprint density at radius 1 is 1.53 bits per heavy atom. The zero-order chi connectivity index (χ0) is 11.4. The monoisotopic (exact) mass is 227 g/mol. The van der Waals surface area contributed by atoms with Gasteiger partial charge in [0.15, 0.2) is 5.78 Å². The molecule has 1 aromatic carbocycles. The fourth-order valence-electron chi connectivity index (χ4n) is 1.35. The van der Waals surface area contributed by atoms with Crippen molar-refractivity contribution >= 4 is 17.4 Å². The Bertz CT molecular complexity index is 377. The Hall–Kier alpha value is -1.06. The van der Waals surface area contributed by atoms with Crippen LogP contribution in [0.2, 0.25) is 5.02 Å². The van der Waals surface area contributed by atoms with Gasteiger partial charge in [0, 0.05) is 6.42 Å². The van der Waals surface area contributed by atoms with Crippen molar-refractivity contribution in [2.24, 2.45) is 5.73 Å². The second-order valence-corrected chi connectivity index (χ2v) is 3.61. The summed E-state index contributed by atoms with van der Waals surface area (Å²) in [6.45, 7) is 2.16. The number of rotatable bonds is 4. The molecule has 82 valence electrons. The minimum atomic E-state index is -0.0805. The molecule has 1 rings (SSSR count). The van der Waals surface area contributed by atoms with Crippen molar-refractivity contribution in [1.82, 2.24) is 0 Å². The topological polar surface area (TPSA) is 52.3 Å². The first kappa shape index (κ1) is 12.0. The normalized spacial score (nSPS) is 10.1. The van der Waals surface area contributed by atoms with E-state index in [1.54, 1.807) is 6.07 Å². The molecule has 4 heteroatoms. The number of methoxy groups -OCH3 is 1. The van der Waals surface area contributed by atoms with Crippen molar-refractivity contribution < 1.29 is 9.53 Å². The van der Waals surface area contributed by atoms with Gasteiger partial charge in [-0.2, -0.15) is 0 Å². The minimum Gasteiger partial charge on any atom is -0.496 e. The van der Waals surface area contributed by atoms with Crippen molar-refractivity contribution in [2.75, 3.05) is 13.7 Å². The van der Waals surface area contributed by atoms with Crippen LogP contribution in [0.4, 0.5) is 0 Å². The van der Waals surface area contributed by atoms with Crippen molar-refractivity contribution in [2.45, 2.75) is 13.3 Å². The van der Waals surface area contributed by atoms with Gasteiger partial charge in [0.2, 0.25) is 0 Å². The molecule has 0 aliphatic rings. The van der Waals surface area contributed by atoms with Crippen LogP contribution in [0.25, 0.3) is 0 Å². The highest BCUT2D eigenvalue weighted by Gasteiger charge is 2.17. The Balaban J connectivity index is 3.23. The first-order valence-electron chi connectivity index (χ1n) is 4.68. The smallest absolute Gasteiger partial charge is 0.169 e. The van der Waals surface area contributed by atoms with Crippen LogP contribution in [0.1, 0.15) is 22.3 Å². The van der Waals surface area contributed by atoms with Crippen LogP contribution in [0.3, 0.4) is 0 Å². The van der Waals surface area contributed by atoms with E-state index in [4.69, 9.17) is 22.1 Å². The predicted octanol–water partition coefficient (Wildman–Crippen LogP) is 2.19. The number of carbonyl (C=O) groups excluding carboxylic acids is 1. The summed E-state index contributed by atoms with van der Waals surface area (Å²) in [5.74, 6) is 0.423. The largest absolute Gasteiger partial charge is 0.496 e. The van der Waals surface area contributed by atoms with Gasteiger partial charge in [-0.1, -0.05) is 17.7 Å². The van der Waals surface area contributed by atoms with E-state index < -0.39 is 0 Å². The highest BCUT2D eigenvalue weighted by atomic mass is 35.5. The molecule has 0 atom stereocenters. The molecule has 0 fully saturated rings. The maximum atomic E-state index is 11.8. The quantitative estimate of drug-likeness (QED) is 0.803. The molecule has 0 radical (unpaired) electrons. The minimum absolute atomic E-state index is 0.0805. The lowest BCUT2D eigenvalue weighted by atomic mass is 10.0. The van der Waals surface area contributed by atoms with E-state index in [0.717, 1.165) is 5.56 Å². The van der Waals surface area contributed by atoms with Crippen LogP contribution in [-0.2, 0) is 0 Å². The Labute approximate surface area is 94.2 Å². The summed E-state index contributed by atoms with van der Waals surface area (Å²) in [5, 5.41) is 0.452. The first-order chi connectivity index (χ1) is 7.11. The van der Waals surface area contributed by atoms with Gasteiger partial charge < -0.3 is 10.5 Å². The summed E-state index contributed by atoms with van der Waals surface area (Å²) < 4.78 is 5.10. The van der Waals surface area contributed by atoms with Gasteiger partial charge in [0.05, 0.1) is 17.7 Å². The number of hydrogen-bond acceptors (Lipinski definition) is 3. The fourth-order valence-corrected chi connectivity index (χ4v) is 1.61. The fraction of sp³-hybridized carbons (Fsp3) is 0.364. The molecular formula is C11H14ClNO2. The molecule has 0 unspecified atom stereocenters. The maximum absolute atomic E-state index is 11.8. The molecule has 0 heterocycles. The van der Waals surface area contributed by atoms with Gasteiger partial charge in [-0.05, 0) is 25.1 Å². The molecule has 15 heavy (non-hydrogen) atoms. The molecular weight excluding hydrogens is 214 g/mol. The van der Waals surface area contributed by atoms with Gasteiger partial charge in [0.25, 0.3) is 0 Å². The van der Waals surface area contributed by atoms with Crippen LogP contribution < -0.4 is 10.5 Å². The number of carbonyl (C=O) groups is 1. The third-order valence-electron chi connectivity index (χ3n) is 2.17. The summed E-state index contributed by atoms with van der Waals surface area (Å²) >= 11 is 6.07. The van der Waals surface area contributed by atoms with E-state index in [2.05, 4.69) is 0 Å². The Morgan fingerprint density at radius 3 is 2.73 bits per heavy atom. The van der Waals surface area contributed by atoms with Gasteiger partial charge in [-0.15, -0.1) is 0 Å². The van der Waals surface area contributed by atoms with Crippen LogP contribution in [0.15, 0.2) is 12.1 Å². The molecule has 0 aromatic heterocycles. The van der Waals surface area contributed by atoms with E-state index in [1.165, 1.54) is 7.11 Å². The van der Waals surface area contributed by atoms with E-state index in [0.29, 0.717) is 22.9 Å². The third-order valence-corrected chi connectivity index (χ3v) is 2.65. The lowest BCUT2D eigenvalue weighted by Gasteiger charge is -2.10. The SMILES string of the molecule is COc1ccc(C)c(Cl)c1C(=O)CCN. The molecule has 3 nitrogen and oxygen atoms in total. The van der Waals surface area contributed by atoms with Crippen LogP contribution >= 0.6 is 11.6 Å². The summed E-state index contributed by atoms with van der Waals surface area (Å²) in [7, 11) is 1.51. The number of Topliss-reactive ketones (excluding diaryl/α,β-unsaturated/α-hetero) is 1. The molecule has 0 aliphatic carbocycles. The van der Waals surface area contributed by atoms with Crippen molar-refractivity contribution in [3.8, 4) is 5.75 Å². The molecule has 2 N–H and O–H groups in total. The zero-order valence-electron chi connectivity index (χ0n) is 8.84. The van der Waals surface area contributed by atoms with Gasteiger partial charge in [-0.25, -0.2) is 0 Å². The predicted molar refractivity (Wildman–Crippen MR) is 60.7 cm³/mol. The van der Waals surface area contributed by atoms with E-state index in [-0.39, 0.29) is 12.2 Å². The molecule has 0 spiro atoms. The second-order valence-electron chi connectivity index (χ2n) is 3.24. The molecule has 0 bridgehead atoms. The van der Waals surface area contributed by atoms with E-state index >= 15 is 0 Å². The number of benzene rings is 1. The summed E-state index contributed by atoms with van der Waals surface area (Å²) in [6, 6.07) is 3.56. The molecule has 0 saturated carbocycles. The zero-order valence-corrected chi connectivity index (χ0v) is 9.60. The van der Waals surface area contributed by atoms with Crippen molar-refractivity contribution in [3.63, 3.8) is 0 Å². The van der Waals surface area contributed by atoms with Crippen molar-refractivity contribution in [3.05, 3.63) is 28.3 Å². The Morgan fingerprint density at radius 2 is 2.20 bits per heavy atom. The van der Waals surface area contributed by atoms with Gasteiger partial charge in [-0.3, -0.25) is 4.79 Å². The summed E-state index contributed by atoms with van der Waals surface area (Å²) in [4.78, 5) is 11.8. The third kappa shape index (κ3) is 2.49. The lowest BCUT2D eigenvalue weighted by molar-refractivity contribution is 0.0982. The summed E-state index contributed by atoms with van der Waals surface area (Å²) in [5.41, 5.74) is 6.64. The van der Waals surface area contributed by atoms with Crippen LogP contribution in [-0.4, -0.2) is 19.4 Å². The Kier molecular flexibility index (Phi) is 4.12. The number of ether oxygens (including phenoxy) is 1. The maximum Gasteiger partial charge on any atom is 0.169 e. The average Bonchev–Trinajstić information content (AvgIpc) is 2.22. The summed E-state index contributed by atoms with van der Waals surface area (Å²) in [6.07, 6.45) is 0.277. The number of nitrogens with two attached hydrogens (primary N) is 1. The number of aryl methyl sites for hydroxylation is 1. The second kappa shape index (κ2) is 5.14. The first-order valence-corrected chi connectivity index (χ1v) is 5.06. The van der Waals surface area contributed by atoms with Crippen molar-refractivity contribution in [1.29, 1.82) is 0 Å².